The molecule has 5 heteroatoms. The predicted octanol–water partition coefficient (Wildman–Crippen LogP) is 2.91. The van der Waals surface area contributed by atoms with E-state index in [4.69, 9.17) is 0 Å². The SMILES string of the molecule is CCn1ccc(CNc2ccccc2S(=O)(=O)CC)c1. The van der Waals surface area contributed by atoms with E-state index in [2.05, 4.69) is 23.0 Å². The fourth-order valence-electron chi connectivity index (χ4n) is 2.03. The van der Waals surface area contributed by atoms with Crippen molar-refractivity contribution in [2.45, 2.75) is 31.8 Å². The van der Waals surface area contributed by atoms with Crippen molar-refractivity contribution in [2.75, 3.05) is 11.1 Å². The summed E-state index contributed by atoms with van der Waals surface area (Å²) in [5, 5.41) is 3.21. The molecule has 1 aromatic carbocycles. The molecule has 0 saturated heterocycles. The van der Waals surface area contributed by atoms with Gasteiger partial charge in [-0.15, -0.1) is 0 Å². The van der Waals surface area contributed by atoms with Crippen molar-refractivity contribution >= 4 is 15.5 Å². The summed E-state index contributed by atoms with van der Waals surface area (Å²) < 4.78 is 26.2. The van der Waals surface area contributed by atoms with Gasteiger partial charge in [0.2, 0.25) is 0 Å². The number of sulfone groups is 1. The Morgan fingerprint density at radius 3 is 2.55 bits per heavy atom. The average molecular weight is 292 g/mol. The van der Waals surface area contributed by atoms with E-state index >= 15 is 0 Å². The Morgan fingerprint density at radius 2 is 1.90 bits per heavy atom. The van der Waals surface area contributed by atoms with Gasteiger partial charge in [0.05, 0.1) is 16.3 Å². The zero-order chi connectivity index (χ0) is 14.6. The predicted molar refractivity (Wildman–Crippen MR) is 81.6 cm³/mol. The fraction of sp³-hybridized carbons (Fsp3) is 0.333. The van der Waals surface area contributed by atoms with E-state index in [1.807, 2.05) is 18.3 Å². The largest absolute Gasteiger partial charge is 0.380 e. The third-order valence-corrected chi connectivity index (χ3v) is 5.05. The van der Waals surface area contributed by atoms with Gasteiger partial charge in [-0.3, -0.25) is 0 Å². The van der Waals surface area contributed by atoms with Gasteiger partial charge in [0, 0.05) is 25.5 Å². The molecule has 1 aromatic heterocycles. The molecule has 1 N–H and O–H groups in total. The number of nitrogens with one attached hydrogen (secondary N) is 1. The van der Waals surface area contributed by atoms with Crippen LogP contribution >= 0.6 is 0 Å². The number of anilines is 1. The minimum atomic E-state index is -3.20. The molecule has 0 bridgehead atoms. The molecule has 0 unspecified atom stereocenters. The van der Waals surface area contributed by atoms with Crippen LogP contribution in [0, 0.1) is 0 Å². The Balaban J connectivity index is 2.18. The molecule has 2 aromatic rings. The standard InChI is InChI=1S/C15H20N2O2S/c1-3-17-10-9-13(12-17)11-16-14-7-5-6-8-15(14)20(18,19)4-2/h5-10,12,16H,3-4,11H2,1-2H3. The molecule has 0 aliphatic heterocycles. The lowest BCUT2D eigenvalue weighted by atomic mass is 10.3. The second-order valence-corrected chi connectivity index (χ2v) is 6.85. The van der Waals surface area contributed by atoms with Gasteiger partial charge >= 0.3 is 0 Å². The number of rotatable bonds is 6. The van der Waals surface area contributed by atoms with Crippen molar-refractivity contribution in [1.29, 1.82) is 0 Å². The summed E-state index contributed by atoms with van der Waals surface area (Å²) in [5.74, 6) is 0.109. The van der Waals surface area contributed by atoms with Crippen LogP contribution in [0.4, 0.5) is 5.69 Å². The molecule has 2 rings (SSSR count). The third kappa shape index (κ3) is 3.22. The number of hydrogen-bond donors (Lipinski definition) is 1. The molecule has 4 nitrogen and oxygen atoms in total. The topological polar surface area (TPSA) is 51.1 Å². The second kappa shape index (κ2) is 6.13. The first-order chi connectivity index (χ1) is 9.56. The molecule has 108 valence electrons. The minimum Gasteiger partial charge on any atom is -0.380 e. The summed E-state index contributed by atoms with van der Waals surface area (Å²) in [6, 6.07) is 9.08. The number of aromatic nitrogens is 1. The van der Waals surface area contributed by atoms with E-state index in [9.17, 15) is 8.42 Å². The monoisotopic (exact) mass is 292 g/mol. The van der Waals surface area contributed by atoms with Crippen LogP contribution in [0.15, 0.2) is 47.6 Å². The van der Waals surface area contributed by atoms with Gasteiger partial charge < -0.3 is 9.88 Å². The fourth-order valence-corrected chi connectivity index (χ4v) is 3.10. The van der Waals surface area contributed by atoms with Gasteiger partial charge in [-0.05, 0) is 30.7 Å². The van der Waals surface area contributed by atoms with Gasteiger partial charge in [-0.2, -0.15) is 0 Å². The van der Waals surface area contributed by atoms with Gasteiger partial charge in [-0.1, -0.05) is 19.1 Å². The Kier molecular flexibility index (Phi) is 4.49. The Bertz CT molecular complexity index is 675. The summed E-state index contributed by atoms with van der Waals surface area (Å²) >= 11 is 0. The zero-order valence-electron chi connectivity index (χ0n) is 11.8. The summed E-state index contributed by atoms with van der Waals surface area (Å²) in [6.45, 7) is 5.29. The van der Waals surface area contributed by atoms with E-state index < -0.39 is 9.84 Å². The van der Waals surface area contributed by atoms with Crippen LogP contribution in [0.3, 0.4) is 0 Å². The molecule has 20 heavy (non-hydrogen) atoms. The van der Waals surface area contributed by atoms with Crippen molar-refractivity contribution in [3.05, 3.63) is 48.3 Å². The van der Waals surface area contributed by atoms with Crippen LogP contribution in [0.1, 0.15) is 19.4 Å². The summed E-state index contributed by atoms with van der Waals surface area (Å²) in [5.41, 5.74) is 1.80. The summed E-state index contributed by atoms with van der Waals surface area (Å²) in [6.07, 6.45) is 4.08. The highest BCUT2D eigenvalue weighted by Crippen LogP contribution is 2.22. The lowest BCUT2D eigenvalue weighted by Gasteiger charge is -2.11. The van der Waals surface area contributed by atoms with E-state index in [1.165, 1.54) is 0 Å². The highest BCUT2D eigenvalue weighted by atomic mass is 32.2. The number of para-hydroxylation sites is 1. The lowest BCUT2D eigenvalue weighted by molar-refractivity contribution is 0.597. The van der Waals surface area contributed by atoms with Crippen LogP contribution < -0.4 is 5.32 Å². The van der Waals surface area contributed by atoms with E-state index in [1.54, 1.807) is 25.1 Å². The second-order valence-electron chi connectivity index (χ2n) is 4.60. The maximum atomic E-state index is 12.0. The lowest BCUT2D eigenvalue weighted by Crippen LogP contribution is -2.09. The van der Waals surface area contributed by atoms with Gasteiger partial charge in [0.1, 0.15) is 0 Å². The average Bonchev–Trinajstić information content (AvgIpc) is 2.93. The Morgan fingerprint density at radius 1 is 1.15 bits per heavy atom. The van der Waals surface area contributed by atoms with Crippen molar-refractivity contribution in [3.8, 4) is 0 Å². The van der Waals surface area contributed by atoms with Crippen molar-refractivity contribution in [3.63, 3.8) is 0 Å². The van der Waals surface area contributed by atoms with Crippen LogP contribution in [0.2, 0.25) is 0 Å². The van der Waals surface area contributed by atoms with Crippen LogP contribution in [-0.2, 0) is 22.9 Å². The van der Waals surface area contributed by atoms with E-state index in [0.29, 0.717) is 17.1 Å². The molecule has 0 atom stereocenters. The normalized spacial score (nSPS) is 11.5. The number of hydrogen-bond acceptors (Lipinski definition) is 3. The van der Waals surface area contributed by atoms with E-state index in [0.717, 1.165) is 12.1 Å². The first kappa shape index (κ1) is 14.7. The summed E-state index contributed by atoms with van der Waals surface area (Å²) in [4.78, 5) is 0.373. The van der Waals surface area contributed by atoms with Crippen molar-refractivity contribution in [2.24, 2.45) is 0 Å². The quantitative estimate of drug-likeness (QED) is 0.890. The molecule has 0 aliphatic rings. The smallest absolute Gasteiger partial charge is 0.180 e. The molecule has 0 fully saturated rings. The van der Waals surface area contributed by atoms with Gasteiger partial charge in [0.15, 0.2) is 9.84 Å². The summed E-state index contributed by atoms with van der Waals surface area (Å²) in [7, 11) is -3.20. The van der Waals surface area contributed by atoms with Crippen LogP contribution in [0.5, 0.6) is 0 Å². The maximum absolute atomic E-state index is 12.0. The molecule has 0 saturated carbocycles. The highest BCUT2D eigenvalue weighted by Gasteiger charge is 2.15. The van der Waals surface area contributed by atoms with Gasteiger partial charge in [-0.25, -0.2) is 8.42 Å². The van der Waals surface area contributed by atoms with Crippen LogP contribution in [0.25, 0.3) is 0 Å². The molecule has 0 amide bonds. The van der Waals surface area contributed by atoms with Crippen molar-refractivity contribution in [1.82, 2.24) is 4.57 Å². The van der Waals surface area contributed by atoms with Crippen molar-refractivity contribution < 1.29 is 8.42 Å². The molecular formula is C15H20N2O2S. The first-order valence-electron chi connectivity index (χ1n) is 6.77. The molecule has 0 radical (unpaired) electrons. The molecule has 0 aliphatic carbocycles. The highest BCUT2D eigenvalue weighted by molar-refractivity contribution is 7.91. The van der Waals surface area contributed by atoms with E-state index in [-0.39, 0.29) is 5.75 Å². The Labute approximate surface area is 120 Å². The first-order valence-corrected chi connectivity index (χ1v) is 8.42. The maximum Gasteiger partial charge on any atom is 0.180 e. The number of nitrogens with zero attached hydrogens (tertiary/aromatic N) is 1. The molecular weight excluding hydrogens is 272 g/mol. The molecule has 1 heterocycles. The number of aryl methyl sites for hydroxylation is 1. The molecule has 0 spiro atoms. The third-order valence-electron chi connectivity index (χ3n) is 3.26. The zero-order valence-corrected chi connectivity index (χ0v) is 12.7. The minimum absolute atomic E-state index is 0.109. The van der Waals surface area contributed by atoms with Crippen LogP contribution in [-0.4, -0.2) is 18.7 Å². The number of benzene rings is 1. The van der Waals surface area contributed by atoms with Gasteiger partial charge in [0.25, 0.3) is 0 Å². The Hall–Kier alpha value is -1.75.